The Morgan fingerprint density at radius 3 is 2.24 bits per heavy atom. The van der Waals surface area contributed by atoms with Crippen LogP contribution >= 0.6 is 0 Å². The third-order valence-corrected chi connectivity index (χ3v) is 1.68. The van der Waals surface area contributed by atoms with E-state index in [1.165, 1.54) is 0 Å². The highest BCUT2D eigenvalue weighted by Crippen LogP contribution is 2.09. The summed E-state index contributed by atoms with van der Waals surface area (Å²) in [5.74, 6) is -0.228. The first-order chi connectivity index (χ1) is 7.85. The SMILES string of the molecule is CCOC(=O)OCCCCC(=O)OC(C)(C)C. The van der Waals surface area contributed by atoms with E-state index in [-0.39, 0.29) is 12.6 Å². The number of carbonyl (C=O) groups is 2. The maximum absolute atomic E-state index is 11.3. The molecule has 0 aromatic rings. The molecule has 17 heavy (non-hydrogen) atoms. The third kappa shape index (κ3) is 11.0. The van der Waals surface area contributed by atoms with Gasteiger partial charge in [0.25, 0.3) is 0 Å². The van der Waals surface area contributed by atoms with Crippen LogP contribution in [0.2, 0.25) is 0 Å². The van der Waals surface area contributed by atoms with Gasteiger partial charge in [-0.1, -0.05) is 0 Å². The van der Waals surface area contributed by atoms with Crippen molar-refractivity contribution in [1.29, 1.82) is 0 Å². The van der Waals surface area contributed by atoms with Crippen LogP contribution in [0.15, 0.2) is 0 Å². The fourth-order valence-electron chi connectivity index (χ4n) is 1.08. The number of hydrogen-bond acceptors (Lipinski definition) is 5. The molecule has 0 aromatic carbocycles. The first kappa shape index (κ1) is 15.7. The van der Waals surface area contributed by atoms with E-state index >= 15 is 0 Å². The molecule has 0 bridgehead atoms. The van der Waals surface area contributed by atoms with Gasteiger partial charge in [0.05, 0.1) is 13.2 Å². The second-order valence-corrected chi connectivity index (χ2v) is 4.58. The minimum Gasteiger partial charge on any atom is -0.460 e. The molecule has 0 aliphatic rings. The second-order valence-electron chi connectivity index (χ2n) is 4.58. The van der Waals surface area contributed by atoms with Gasteiger partial charge in [-0.15, -0.1) is 0 Å². The number of esters is 1. The molecule has 0 saturated heterocycles. The van der Waals surface area contributed by atoms with E-state index < -0.39 is 11.8 Å². The molecule has 0 heterocycles. The quantitative estimate of drug-likeness (QED) is 0.532. The zero-order valence-corrected chi connectivity index (χ0v) is 11.1. The molecule has 0 atom stereocenters. The van der Waals surface area contributed by atoms with Gasteiger partial charge in [-0.2, -0.15) is 0 Å². The van der Waals surface area contributed by atoms with Crippen LogP contribution in [0.3, 0.4) is 0 Å². The van der Waals surface area contributed by atoms with Gasteiger partial charge in [0.2, 0.25) is 0 Å². The van der Waals surface area contributed by atoms with Gasteiger partial charge in [-0.3, -0.25) is 4.79 Å². The Morgan fingerprint density at radius 2 is 1.71 bits per heavy atom. The van der Waals surface area contributed by atoms with Gasteiger partial charge < -0.3 is 14.2 Å². The molecule has 0 rings (SSSR count). The third-order valence-electron chi connectivity index (χ3n) is 1.68. The molecule has 0 N–H and O–H groups in total. The van der Waals surface area contributed by atoms with Gasteiger partial charge >= 0.3 is 12.1 Å². The highest BCUT2D eigenvalue weighted by atomic mass is 16.7. The summed E-state index contributed by atoms with van der Waals surface area (Å²) in [5, 5.41) is 0. The Bertz CT molecular complexity index is 242. The Kier molecular flexibility index (Phi) is 7.34. The summed E-state index contributed by atoms with van der Waals surface area (Å²) in [6, 6.07) is 0. The van der Waals surface area contributed by atoms with E-state index in [1.807, 2.05) is 20.8 Å². The van der Waals surface area contributed by atoms with Crippen molar-refractivity contribution in [2.24, 2.45) is 0 Å². The summed E-state index contributed by atoms with van der Waals surface area (Å²) in [4.78, 5) is 22.1. The molecular formula is C12H22O5. The zero-order valence-electron chi connectivity index (χ0n) is 11.1. The number of carbonyl (C=O) groups excluding carboxylic acids is 2. The maximum atomic E-state index is 11.3. The average Bonchev–Trinajstić information content (AvgIpc) is 2.14. The van der Waals surface area contributed by atoms with Gasteiger partial charge in [-0.05, 0) is 40.5 Å². The fourth-order valence-corrected chi connectivity index (χ4v) is 1.08. The maximum Gasteiger partial charge on any atom is 0.508 e. The molecule has 0 saturated carbocycles. The lowest BCUT2D eigenvalue weighted by Gasteiger charge is -2.19. The monoisotopic (exact) mass is 246 g/mol. The van der Waals surface area contributed by atoms with Crippen molar-refractivity contribution in [3.8, 4) is 0 Å². The summed E-state index contributed by atoms with van der Waals surface area (Å²) < 4.78 is 14.5. The predicted octanol–water partition coefficient (Wildman–Crippen LogP) is 2.67. The van der Waals surface area contributed by atoms with Crippen molar-refractivity contribution < 1.29 is 23.8 Å². The molecule has 0 aliphatic heterocycles. The Morgan fingerprint density at radius 1 is 1.06 bits per heavy atom. The molecule has 0 amide bonds. The lowest BCUT2D eigenvalue weighted by atomic mass is 10.2. The average molecular weight is 246 g/mol. The van der Waals surface area contributed by atoms with Crippen LogP contribution in [-0.2, 0) is 19.0 Å². The summed E-state index contributed by atoms with van der Waals surface area (Å²) >= 11 is 0. The number of hydrogen-bond donors (Lipinski definition) is 0. The first-order valence-corrected chi connectivity index (χ1v) is 5.86. The summed E-state index contributed by atoms with van der Waals surface area (Å²) in [5.41, 5.74) is -0.446. The fraction of sp³-hybridized carbons (Fsp3) is 0.833. The van der Waals surface area contributed by atoms with Crippen LogP contribution in [0, 0.1) is 0 Å². The molecule has 5 nitrogen and oxygen atoms in total. The Balaban J connectivity index is 3.46. The number of rotatable bonds is 6. The van der Waals surface area contributed by atoms with Crippen molar-refractivity contribution in [1.82, 2.24) is 0 Å². The van der Waals surface area contributed by atoms with Crippen LogP contribution in [-0.4, -0.2) is 30.9 Å². The van der Waals surface area contributed by atoms with Crippen molar-refractivity contribution >= 4 is 12.1 Å². The van der Waals surface area contributed by atoms with Gasteiger partial charge in [0.1, 0.15) is 5.60 Å². The molecule has 0 aliphatic carbocycles. The lowest BCUT2D eigenvalue weighted by Crippen LogP contribution is -2.23. The van der Waals surface area contributed by atoms with Crippen LogP contribution in [0.25, 0.3) is 0 Å². The smallest absolute Gasteiger partial charge is 0.460 e. The normalized spacial score (nSPS) is 10.8. The van der Waals surface area contributed by atoms with Crippen molar-refractivity contribution in [2.45, 2.75) is 52.6 Å². The van der Waals surface area contributed by atoms with Gasteiger partial charge in [0.15, 0.2) is 0 Å². The van der Waals surface area contributed by atoms with Crippen molar-refractivity contribution in [3.05, 3.63) is 0 Å². The van der Waals surface area contributed by atoms with E-state index in [4.69, 9.17) is 9.47 Å². The van der Waals surface area contributed by atoms with Crippen LogP contribution < -0.4 is 0 Å². The van der Waals surface area contributed by atoms with E-state index in [0.717, 1.165) is 0 Å². The molecular weight excluding hydrogens is 224 g/mol. The van der Waals surface area contributed by atoms with Crippen LogP contribution in [0.5, 0.6) is 0 Å². The Hall–Kier alpha value is -1.26. The lowest BCUT2D eigenvalue weighted by molar-refractivity contribution is -0.154. The second kappa shape index (κ2) is 7.92. The van der Waals surface area contributed by atoms with Crippen LogP contribution in [0.4, 0.5) is 4.79 Å². The van der Waals surface area contributed by atoms with E-state index in [9.17, 15) is 9.59 Å². The zero-order chi connectivity index (χ0) is 13.3. The number of unbranched alkanes of at least 4 members (excludes halogenated alkanes) is 1. The molecule has 5 heteroatoms. The Labute approximate surface area is 102 Å². The van der Waals surface area contributed by atoms with Crippen LogP contribution in [0.1, 0.15) is 47.0 Å². The summed E-state index contributed by atoms with van der Waals surface area (Å²) in [7, 11) is 0. The highest BCUT2D eigenvalue weighted by molar-refractivity contribution is 5.69. The van der Waals surface area contributed by atoms with E-state index in [0.29, 0.717) is 25.9 Å². The molecule has 100 valence electrons. The molecule has 0 aromatic heterocycles. The highest BCUT2D eigenvalue weighted by Gasteiger charge is 2.15. The van der Waals surface area contributed by atoms with E-state index in [1.54, 1.807) is 6.92 Å². The minimum atomic E-state index is -0.662. The van der Waals surface area contributed by atoms with Crippen molar-refractivity contribution in [3.63, 3.8) is 0 Å². The first-order valence-electron chi connectivity index (χ1n) is 5.86. The largest absolute Gasteiger partial charge is 0.508 e. The topological polar surface area (TPSA) is 61.8 Å². The molecule has 0 unspecified atom stereocenters. The van der Waals surface area contributed by atoms with Gasteiger partial charge in [0, 0.05) is 6.42 Å². The number of ether oxygens (including phenoxy) is 3. The van der Waals surface area contributed by atoms with E-state index in [2.05, 4.69) is 4.74 Å². The summed E-state index contributed by atoms with van der Waals surface area (Å²) in [6.07, 6.45) is 0.931. The predicted molar refractivity (Wildman–Crippen MR) is 62.7 cm³/mol. The summed E-state index contributed by atoms with van der Waals surface area (Å²) in [6.45, 7) is 7.76. The van der Waals surface area contributed by atoms with Crippen molar-refractivity contribution in [2.75, 3.05) is 13.2 Å². The standard InChI is InChI=1S/C12H22O5/c1-5-15-11(14)16-9-7-6-8-10(13)17-12(2,3)4/h5-9H2,1-4H3. The molecule has 0 radical (unpaired) electrons. The minimum absolute atomic E-state index is 0.228. The van der Waals surface area contributed by atoms with Gasteiger partial charge in [-0.25, -0.2) is 4.79 Å². The molecule has 0 spiro atoms. The molecule has 0 fully saturated rings.